The smallest absolute Gasteiger partial charge is 0.237 e. The Kier molecular flexibility index (Phi) is 3.38. The zero-order valence-corrected chi connectivity index (χ0v) is 9.72. The van der Waals surface area contributed by atoms with Crippen molar-refractivity contribution in [3.05, 3.63) is 46.9 Å². The van der Waals surface area contributed by atoms with Crippen molar-refractivity contribution in [2.24, 2.45) is 0 Å². The average Bonchev–Trinajstić information content (AvgIpc) is 2.42. The van der Waals surface area contributed by atoms with E-state index in [0.717, 1.165) is 0 Å². The van der Waals surface area contributed by atoms with Gasteiger partial charge in [0.05, 0.1) is 29.0 Å². The maximum Gasteiger partial charge on any atom is 0.237 e. The van der Waals surface area contributed by atoms with E-state index in [2.05, 4.69) is 9.97 Å². The third kappa shape index (κ3) is 2.54. The van der Waals surface area contributed by atoms with Crippen LogP contribution in [0.1, 0.15) is 11.3 Å². The van der Waals surface area contributed by atoms with Gasteiger partial charge >= 0.3 is 0 Å². The summed E-state index contributed by atoms with van der Waals surface area (Å²) in [4.78, 5) is 7.71. The lowest BCUT2D eigenvalue weighted by Gasteiger charge is -2.05. The van der Waals surface area contributed by atoms with Gasteiger partial charge in [0, 0.05) is 0 Å². The standard InChI is InChI=1S/C12H5ClN4O/c13-10-3-8(4-14)1-2-11(10)18-12-7-16-9(5-15)6-17-12/h1-3,6-7H. The van der Waals surface area contributed by atoms with Crippen molar-refractivity contribution in [2.75, 3.05) is 0 Å². The third-order valence-corrected chi connectivity index (χ3v) is 2.31. The molecular weight excluding hydrogens is 252 g/mol. The van der Waals surface area contributed by atoms with Crippen LogP contribution in [0.4, 0.5) is 0 Å². The van der Waals surface area contributed by atoms with Crippen LogP contribution in [-0.4, -0.2) is 9.97 Å². The zero-order chi connectivity index (χ0) is 13.0. The Labute approximate surface area is 108 Å². The Hall–Kier alpha value is -2.63. The van der Waals surface area contributed by atoms with Gasteiger partial charge in [-0.25, -0.2) is 9.97 Å². The highest BCUT2D eigenvalue weighted by atomic mass is 35.5. The maximum absolute atomic E-state index is 8.70. The molecular formula is C12H5ClN4O. The molecule has 0 saturated heterocycles. The van der Waals surface area contributed by atoms with E-state index in [4.69, 9.17) is 26.9 Å². The summed E-state index contributed by atoms with van der Waals surface area (Å²) in [6.07, 6.45) is 2.62. The van der Waals surface area contributed by atoms with E-state index >= 15 is 0 Å². The number of rotatable bonds is 2. The summed E-state index contributed by atoms with van der Waals surface area (Å²) in [5.41, 5.74) is 0.645. The van der Waals surface area contributed by atoms with Gasteiger partial charge < -0.3 is 4.74 Å². The highest BCUT2D eigenvalue weighted by Crippen LogP contribution is 2.28. The first-order valence-electron chi connectivity index (χ1n) is 4.82. The van der Waals surface area contributed by atoms with Gasteiger partial charge in [-0.2, -0.15) is 10.5 Å². The second-order valence-corrected chi connectivity index (χ2v) is 3.62. The van der Waals surface area contributed by atoms with Crippen molar-refractivity contribution < 1.29 is 4.74 Å². The van der Waals surface area contributed by atoms with Gasteiger partial charge in [-0.05, 0) is 18.2 Å². The van der Waals surface area contributed by atoms with Crippen LogP contribution in [0.15, 0.2) is 30.6 Å². The number of nitrogens with zero attached hydrogens (tertiary/aromatic N) is 4. The lowest BCUT2D eigenvalue weighted by molar-refractivity contribution is 0.460. The minimum absolute atomic E-state index is 0.202. The minimum Gasteiger partial charge on any atom is -0.436 e. The zero-order valence-electron chi connectivity index (χ0n) is 8.96. The average molecular weight is 257 g/mol. The van der Waals surface area contributed by atoms with Gasteiger partial charge in [-0.1, -0.05) is 11.6 Å². The Balaban J connectivity index is 2.24. The SMILES string of the molecule is N#Cc1ccc(Oc2cnc(C#N)cn2)c(Cl)c1. The molecule has 0 radical (unpaired) electrons. The number of benzene rings is 1. The number of hydrogen-bond acceptors (Lipinski definition) is 5. The van der Waals surface area contributed by atoms with Crippen LogP contribution in [-0.2, 0) is 0 Å². The van der Waals surface area contributed by atoms with Crippen LogP contribution >= 0.6 is 11.6 Å². The molecule has 0 bridgehead atoms. The fourth-order valence-corrected chi connectivity index (χ4v) is 1.41. The van der Waals surface area contributed by atoms with Crippen LogP contribution in [0.5, 0.6) is 11.6 Å². The Bertz CT molecular complexity index is 655. The van der Waals surface area contributed by atoms with Gasteiger partial charge in [0.25, 0.3) is 0 Å². The molecule has 18 heavy (non-hydrogen) atoms. The third-order valence-electron chi connectivity index (χ3n) is 2.02. The van der Waals surface area contributed by atoms with Crippen LogP contribution in [0.25, 0.3) is 0 Å². The molecule has 1 heterocycles. The van der Waals surface area contributed by atoms with Crippen LogP contribution in [0.2, 0.25) is 5.02 Å². The second kappa shape index (κ2) is 5.13. The fourth-order valence-electron chi connectivity index (χ4n) is 1.19. The number of aromatic nitrogens is 2. The largest absolute Gasteiger partial charge is 0.436 e. The highest BCUT2D eigenvalue weighted by Gasteiger charge is 2.05. The Morgan fingerprint density at radius 2 is 1.94 bits per heavy atom. The fraction of sp³-hybridized carbons (Fsp3) is 0. The number of nitriles is 2. The molecule has 2 rings (SSSR count). The van der Waals surface area contributed by atoms with E-state index in [9.17, 15) is 0 Å². The number of ether oxygens (including phenoxy) is 1. The summed E-state index contributed by atoms with van der Waals surface area (Å²) >= 11 is 5.94. The first-order valence-corrected chi connectivity index (χ1v) is 5.20. The minimum atomic E-state index is 0.202. The Morgan fingerprint density at radius 1 is 1.11 bits per heavy atom. The number of halogens is 1. The van der Waals surface area contributed by atoms with Gasteiger partial charge in [-0.3, -0.25) is 0 Å². The predicted octanol–water partition coefficient (Wildman–Crippen LogP) is 2.67. The van der Waals surface area contributed by atoms with E-state index in [1.165, 1.54) is 18.5 Å². The molecule has 0 aliphatic carbocycles. The van der Waals surface area contributed by atoms with Crippen molar-refractivity contribution >= 4 is 11.6 Å². The van der Waals surface area contributed by atoms with Crippen LogP contribution < -0.4 is 4.74 Å². The molecule has 0 aliphatic heterocycles. The molecule has 86 valence electrons. The van der Waals surface area contributed by atoms with Crippen molar-refractivity contribution in [2.45, 2.75) is 0 Å². The van der Waals surface area contributed by atoms with E-state index in [-0.39, 0.29) is 11.6 Å². The highest BCUT2D eigenvalue weighted by molar-refractivity contribution is 6.32. The summed E-state index contributed by atoms with van der Waals surface area (Å²) < 4.78 is 5.38. The van der Waals surface area contributed by atoms with Gasteiger partial charge in [0.15, 0.2) is 5.69 Å². The molecule has 0 N–H and O–H groups in total. The molecule has 0 fully saturated rings. The first-order chi connectivity index (χ1) is 8.72. The maximum atomic E-state index is 8.70. The normalized spacial score (nSPS) is 9.28. The molecule has 0 unspecified atom stereocenters. The van der Waals surface area contributed by atoms with Crippen LogP contribution in [0.3, 0.4) is 0 Å². The van der Waals surface area contributed by atoms with Gasteiger partial charge in [0.1, 0.15) is 11.8 Å². The van der Waals surface area contributed by atoms with Crippen molar-refractivity contribution in [3.63, 3.8) is 0 Å². The monoisotopic (exact) mass is 256 g/mol. The van der Waals surface area contributed by atoms with Gasteiger partial charge in [0.2, 0.25) is 5.88 Å². The molecule has 0 amide bonds. The van der Waals surface area contributed by atoms with E-state index < -0.39 is 0 Å². The molecule has 6 heteroatoms. The molecule has 2 aromatic rings. The van der Waals surface area contributed by atoms with Crippen LogP contribution in [0, 0.1) is 22.7 Å². The first kappa shape index (κ1) is 11.8. The molecule has 5 nitrogen and oxygen atoms in total. The lowest BCUT2D eigenvalue weighted by atomic mass is 10.2. The summed E-state index contributed by atoms with van der Waals surface area (Å²) in [7, 11) is 0. The molecule has 0 spiro atoms. The molecule has 1 aromatic heterocycles. The number of hydrogen-bond donors (Lipinski definition) is 0. The van der Waals surface area contributed by atoms with E-state index in [0.29, 0.717) is 16.3 Å². The Morgan fingerprint density at radius 3 is 2.50 bits per heavy atom. The topological polar surface area (TPSA) is 82.6 Å². The van der Waals surface area contributed by atoms with Gasteiger partial charge in [-0.15, -0.1) is 0 Å². The molecule has 1 aromatic carbocycles. The van der Waals surface area contributed by atoms with Crippen molar-refractivity contribution in [1.29, 1.82) is 10.5 Å². The van der Waals surface area contributed by atoms with Crippen molar-refractivity contribution in [3.8, 4) is 23.8 Å². The summed E-state index contributed by atoms with van der Waals surface area (Å²) in [6, 6.07) is 8.47. The van der Waals surface area contributed by atoms with E-state index in [1.807, 2.05) is 12.1 Å². The van der Waals surface area contributed by atoms with Crippen molar-refractivity contribution in [1.82, 2.24) is 9.97 Å². The second-order valence-electron chi connectivity index (χ2n) is 3.21. The molecule has 0 saturated carbocycles. The molecule has 0 aliphatic rings. The summed E-state index contributed by atoms with van der Waals surface area (Å²) in [5.74, 6) is 0.593. The predicted molar refractivity (Wildman–Crippen MR) is 63.0 cm³/mol. The molecule has 0 atom stereocenters. The van der Waals surface area contributed by atoms with E-state index in [1.54, 1.807) is 12.1 Å². The quantitative estimate of drug-likeness (QED) is 0.825. The summed E-state index contributed by atoms with van der Waals surface area (Å²) in [5, 5.41) is 17.6. The lowest BCUT2D eigenvalue weighted by Crippen LogP contribution is -1.92. The summed E-state index contributed by atoms with van der Waals surface area (Å²) in [6.45, 7) is 0.